The number of likely N-dealkylation sites (N-methyl/N-ethyl adjacent to an activating group) is 1. The molecule has 2 unspecified atom stereocenters. The summed E-state index contributed by atoms with van der Waals surface area (Å²) in [5.41, 5.74) is 0. The lowest BCUT2D eigenvalue weighted by Crippen LogP contribution is -2.40. The zero-order valence-electron chi connectivity index (χ0n) is 51.8. The molecule has 0 heterocycles. The third-order valence-electron chi connectivity index (χ3n) is 13.9. The van der Waals surface area contributed by atoms with Crippen LogP contribution in [-0.2, 0) is 33.3 Å². The van der Waals surface area contributed by atoms with Crippen LogP contribution in [0.2, 0.25) is 0 Å². The standard InChI is InChI=1S/C70H121NO8/c1-6-8-10-12-14-16-18-20-22-24-26-28-30-31-32-33-34-35-36-37-39-41-43-45-47-49-51-53-55-57-59-61-68(73)79-66(65-78-70(69(74)75)76-63-62-71(3,4)5)64-77-67(72)60-58-56-54-52-50-48-46-44-42-40-38-29-27-25-23-21-19-17-15-13-11-9-7-2/h8,10,14,16,20,22,26,28,31-32,34-35,37,39,43,45,66,70H,6-7,9,11-13,15,17-19,21,23-25,27,29-30,33,36,38,40-42,44,46-65H2,1-5H3/p+1/b10-8-,16-14-,22-20-,28-26-,32-31-,35-34-,39-37-,45-43-. The van der Waals surface area contributed by atoms with E-state index in [1.54, 1.807) is 0 Å². The van der Waals surface area contributed by atoms with Crippen LogP contribution >= 0.6 is 0 Å². The van der Waals surface area contributed by atoms with Crippen molar-refractivity contribution in [3.8, 4) is 0 Å². The SMILES string of the molecule is CC/C=C\C/C=C\C/C=C\C/C=C\C/C=C\C/C=C\C/C=C\C/C=C\CCCCCCCCC(=O)OC(COC(=O)CCCCCCCCCCCCCCCCCCCCCCCCC)COC(OCC[N+](C)(C)C)C(=O)O. The molecule has 0 aliphatic rings. The summed E-state index contributed by atoms with van der Waals surface area (Å²) in [6.45, 7) is 4.77. The molecule has 0 rings (SSSR count). The first-order valence-corrected chi connectivity index (χ1v) is 32.4. The molecule has 0 spiro atoms. The fraction of sp³-hybridized carbons (Fsp3) is 0.729. The minimum atomic E-state index is -1.52. The first kappa shape index (κ1) is 75.2. The number of quaternary nitrogens is 1. The topological polar surface area (TPSA) is 108 Å². The molecule has 2 atom stereocenters. The highest BCUT2D eigenvalue weighted by Crippen LogP contribution is 2.17. The van der Waals surface area contributed by atoms with Crippen molar-refractivity contribution in [2.75, 3.05) is 47.5 Å². The molecule has 0 bridgehead atoms. The van der Waals surface area contributed by atoms with Gasteiger partial charge in [-0.2, -0.15) is 0 Å². The van der Waals surface area contributed by atoms with Crippen molar-refractivity contribution in [2.24, 2.45) is 0 Å². The number of carbonyl (C=O) groups is 3. The fourth-order valence-corrected chi connectivity index (χ4v) is 8.91. The van der Waals surface area contributed by atoms with Crippen molar-refractivity contribution in [3.05, 3.63) is 97.2 Å². The highest BCUT2D eigenvalue weighted by molar-refractivity contribution is 5.71. The Balaban J connectivity index is 4.24. The second-order valence-corrected chi connectivity index (χ2v) is 22.7. The number of hydrogen-bond acceptors (Lipinski definition) is 7. The summed E-state index contributed by atoms with van der Waals surface area (Å²) in [7, 11) is 5.97. The molecule has 0 saturated carbocycles. The quantitative estimate of drug-likeness (QED) is 0.0211. The molecule has 1 N–H and O–H groups in total. The number of carbonyl (C=O) groups excluding carboxylic acids is 2. The molecule has 9 nitrogen and oxygen atoms in total. The zero-order valence-corrected chi connectivity index (χ0v) is 51.8. The number of rotatable bonds is 59. The summed E-state index contributed by atoms with van der Waals surface area (Å²) < 4.78 is 22.9. The second kappa shape index (κ2) is 60.3. The van der Waals surface area contributed by atoms with Crippen LogP contribution < -0.4 is 0 Å². The van der Waals surface area contributed by atoms with Gasteiger partial charge in [0, 0.05) is 12.8 Å². The Morgan fingerprint density at radius 1 is 0.392 bits per heavy atom. The van der Waals surface area contributed by atoms with Crippen LogP contribution in [0.25, 0.3) is 0 Å². The van der Waals surface area contributed by atoms with E-state index in [2.05, 4.69) is 111 Å². The molecule has 0 saturated heterocycles. The smallest absolute Gasteiger partial charge is 0.361 e. The molecule has 0 fully saturated rings. The summed E-state index contributed by atoms with van der Waals surface area (Å²) in [4.78, 5) is 37.5. The van der Waals surface area contributed by atoms with Gasteiger partial charge in [0.25, 0.3) is 6.29 Å². The predicted molar refractivity (Wildman–Crippen MR) is 336 cm³/mol. The zero-order chi connectivity index (χ0) is 57.6. The van der Waals surface area contributed by atoms with Crippen molar-refractivity contribution >= 4 is 17.9 Å². The first-order valence-electron chi connectivity index (χ1n) is 32.4. The molecule has 0 aliphatic carbocycles. The van der Waals surface area contributed by atoms with Gasteiger partial charge < -0.3 is 28.5 Å². The highest BCUT2D eigenvalue weighted by Gasteiger charge is 2.25. The molecule has 0 radical (unpaired) electrons. The number of carboxylic acids is 1. The molecular formula is C70H122NO8+. The highest BCUT2D eigenvalue weighted by atomic mass is 16.7. The summed E-state index contributed by atoms with van der Waals surface area (Å²) >= 11 is 0. The third-order valence-corrected chi connectivity index (χ3v) is 13.9. The Labute approximate surface area is 486 Å². The van der Waals surface area contributed by atoms with Crippen LogP contribution in [0.15, 0.2) is 97.2 Å². The van der Waals surface area contributed by atoms with Crippen molar-refractivity contribution in [2.45, 2.75) is 283 Å². The van der Waals surface area contributed by atoms with Gasteiger partial charge in [0.2, 0.25) is 0 Å². The number of hydrogen-bond donors (Lipinski definition) is 1. The van der Waals surface area contributed by atoms with Gasteiger partial charge in [-0.25, -0.2) is 4.79 Å². The summed E-state index contributed by atoms with van der Waals surface area (Å²) in [6, 6.07) is 0. The Morgan fingerprint density at radius 3 is 1.08 bits per heavy atom. The molecule has 0 aromatic heterocycles. The lowest BCUT2D eigenvalue weighted by atomic mass is 10.0. The van der Waals surface area contributed by atoms with E-state index < -0.39 is 24.3 Å². The molecule has 454 valence electrons. The summed E-state index contributed by atoms with van der Waals surface area (Å²) in [5, 5.41) is 9.73. The van der Waals surface area contributed by atoms with Crippen LogP contribution in [0, 0.1) is 0 Å². The Morgan fingerprint density at radius 2 is 0.722 bits per heavy atom. The molecule has 0 aliphatic heterocycles. The summed E-state index contributed by atoms with van der Waals surface area (Å²) in [6.07, 6.45) is 79.3. The van der Waals surface area contributed by atoms with E-state index in [9.17, 15) is 19.5 Å². The number of esters is 2. The maximum atomic E-state index is 12.9. The van der Waals surface area contributed by atoms with E-state index in [0.717, 1.165) is 109 Å². The molecule has 0 amide bonds. The van der Waals surface area contributed by atoms with E-state index in [-0.39, 0.29) is 32.2 Å². The minimum absolute atomic E-state index is 0.181. The molecule has 9 heteroatoms. The monoisotopic (exact) mass is 1100 g/mol. The predicted octanol–water partition coefficient (Wildman–Crippen LogP) is 19.7. The molecule has 0 aromatic rings. The van der Waals surface area contributed by atoms with Crippen molar-refractivity contribution in [1.82, 2.24) is 0 Å². The van der Waals surface area contributed by atoms with E-state index in [4.69, 9.17) is 18.9 Å². The van der Waals surface area contributed by atoms with Crippen LogP contribution in [0.4, 0.5) is 0 Å². The maximum absolute atomic E-state index is 12.9. The average Bonchev–Trinajstić information content (AvgIpc) is 3.42. The molecular weight excluding hydrogens is 983 g/mol. The number of aliphatic carboxylic acids is 1. The number of carboxylic acid groups (broad SMARTS) is 1. The normalized spacial score (nSPS) is 13.4. The van der Waals surface area contributed by atoms with Crippen LogP contribution in [0.3, 0.4) is 0 Å². The van der Waals surface area contributed by atoms with Gasteiger partial charge in [0.15, 0.2) is 6.10 Å². The number of allylic oxidation sites excluding steroid dienone is 16. The number of nitrogens with zero attached hydrogens (tertiary/aromatic N) is 1. The Kier molecular flexibility index (Phi) is 57.4. The van der Waals surface area contributed by atoms with Crippen LogP contribution in [0.5, 0.6) is 0 Å². The lowest BCUT2D eigenvalue weighted by molar-refractivity contribution is -0.870. The van der Waals surface area contributed by atoms with Gasteiger partial charge in [-0.05, 0) is 77.0 Å². The van der Waals surface area contributed by atoms with Crippen LogP contribution in [-0.4, -0.2) is 87.4 Å². The molecule has 79 heavy (non-hydrogen) atoms. The second-order valence-electron chi connectivity index (χ2n) is 22.7. The van der Waals surface area contributed by atoms with E-state index in [1.165, 1.54) is 128 Å². The lowest BCUT2D eigenvalue weighted by Gasteiger charge is -2.25. The van der Waals surface area contributed by atoms with Crippen molar-refractivity contribution < 1.29 is 42.9 Å². The van der Waals surface area contributed by atoms with E-state index in [1.807, 2.05) is 21.1 Å². The largest absolute Gasteiger partial charge is 0.477 e. The van der Waals surface area contributed by atoms with Gasteiger partial charge in [0.05, 0.1) is 34.4 Å². The van der Waals surface area contributed by atoms with Crippen molar-refractivity contribution in [1.29, 1.82) is 0 Å². The summed E-state index contributed by atoms with van der Waals surface area (Å²) in [5.74, 6) is -2.02. The Bertz CT molecular complexity index is 1620. The first-order chi connectivity index (χ1) is 38.6. The third kappa shape index (κ3) is 61.7. The number of unbranched alkanes of at least 4 members (excludes halogenated alkanes) is 28. The van der Waals surface area contributed by atoms with Crippen molar-refractivity contribution in [3.63, 3.8) is 0 Å². The van der Waals surface area contributed by atoms with E-state index >= 15 is 0 Å². The van der Waals surface area contributed by atoms with Gasteiger partial charge in [-0.3, -0.25) is 9.59 Å². The number of ether oxygens (including phenoxy) is 4. The maximum Gasteiger partial charge on any atom is 0.361 e. The average molecular weight is 1110 g/mol. The van der Waals surface area contributed by atoms with Gasteiger partial charge in [0.1, 0.15) is 13.2 Å². The van der Waals surface area contributed by atoms with E-state index in [0.29, 0.717) is 23.9 Å². The Hall–Kier alpha value is -3.79. The fourth-order valence-electron chi connectivity index (χ4n) is 8.91. The molecule has 0 aromatic carbocycles. The van der Waals surface area contributed by atoms with Gasteiger partial charge in [-0.15, -0.1) is 0 Å². The minimum Gasteiger partial charge on any atom is -0.477 e. The van der Waals surface area contributed by atoms with Gasteiger partial charge in [-0.1, -0.05) is 278 Å². The van der Waals surface area contributed by atoms with Crippen LogP contribution in [0.1, 0.15) is 271 Å². The van der Waals surface area contributed by atoms with Gasteiger partial charge >= 0.3 is 17.9 Å².